The van der Waals surface area contributed by atoms with E-state index in [0.29, 0.717) is 5.92 Å². The number of rotatable bonds is 7. The summed E-state index contributed by atoms with van der Waals surface area (Å²) in [6.07, 6.45) is 3.14. The van der Waals surface area contributed by atoms with Gasteiger partial charge >= 0.3 is 0 Å². The van der Waals surface area contributed by atoms with Gasteiger partial charge in [0, 0.05) is 6.54 Å². The third kappa shape index (κ3) is 5.21. The number of piperidine rings is 1. The van der Waals surface area contributed by atoms with Crippen LogP contribution in [0, 0.1) is 23.4 Å². The maximum atomic E-state index is 13.6. The minimum atomic E-state index is -1.58. The number of hydrogen-bond acceptors (Lipinski definition) is 3. The Bertz CT molecular complexity index is 562. The fraction of sp³-hybridized carbons (Fsp3) is 0.588. The molecular weight excluding hydrogens is 319 g/mol. The highest BCUT2D eigenvalue weighted by Crippen LogP contribution is 2.19. The van der Waals surface area contributed by atoms with Crippen LogP contribution >= 0.6 is 0 Å². The van der Waals surface area contributed by atoms with Crippen molar-refractivity contribution < 1.29 is 18.0 Å². The van der Waals surface area contributed by atoms with E-state index in [4.69, 9.17) is 0 Å². The molecule has 4 nitrogen and oxygen atoms in total. The van der Waals surface area contributed by atoms with Gasteiger partial charge in [-0.15, -0.1) is 0 Å². The molecule has 2 N–H and O–H groups in total. The number of anilines is 1. The molecule has 1 aliphatic rings. The second-order valence-electron chi connectivity index (χ2n) is 6.22. The van der Waals surface area contributed by atoms with Crippen molar-refractivity contribution in [1.29, 1.82) is 0 Å². The summed E-state index contributed by atoms with van der Waals surface area (Å²) in [4.78, 5) is 14.2. The van der Waals surface area contributed by atoms with Crippen molar-refractivity contribution in [2.75, 3.05) is 38.0 Å². The van der Waals surface area contributed by atoms with Crippen LogP contribution < -0.4 is 10.6 Å². The fourth-order valence-electron chi connectivity index (χ4n) is 3.01. The van der Waals surface area contributed by atoms with Gasteiger partial charge in [0.2, 0.25) is 5.91 Å². The van der Waals surface area contributed by atoms with Crippen LogP contribution in [0.1, 0.15) is 26.2 Å². The van der Waals surface area contributed by atoms with E-state index in [1.807, 2.05) is 11.8 Å². The monoisotopic (exact) mass is 343 g/mol. The Morgan fingerprint density at radius 2 is 2.12 bits per heavy atom. The molecule has 0 saturated carbocycles. The fourth-order valence-corrected chi connectivity index (χ4v) is 3.01. The first-order chi connectivity index (χ1) is 11.5. The predicted molar refractivity (Wildman–Crippen MR) is 87.3 cm³/mol. The van der Waals surface area contributed by atoms with Crippen LogP contribution in [0.4, 0.5) is 18.9 Å². The Kier molecular flexibility index (Phi) is 7.05. The zero-order chi connectivity index (χ0) is 17.5. The molecule has 134 valence electrons. The highest BCUT2D eigenvalue weighted by Gasteiger charge is 2.20. The Labute approximate surface area is 140 Å². The van der Waals surface area contributed by atoms with Crippen LogP contribution in [0.15, 0.2) is 12.1 Å². The molecule has 0 radical (unpaired) electrons. The van der Waals surface area contributed by atoms with Crippen molar-refractivity contribution >= 4 is 11.6 Å². The van der Waals surface area contributed by atoms with Crippen LogP contribution in [-0.4, -0.2) is 43.5 Å². The van der Waals surface area contributed by atoms with E-state index in [1.165, 1.54) is 0 Å². The maximum absolute atomic E-state index is 13.6. The molecule has 0 bridgehead atoms. The molecule has 2 rings (SSSR count). The van der Waals surface area contributed by atoms with Gasteiger partial charge in [0.15, 0.2) is 17.5 Å². The zero-order valence-corrected chi connectivity index (χ0v) is 13.9. The standard InChI is InChI=1S/C17H24F3N3O/c1-2-8-23(10-12-4-3-7-21-9-12)11-15(24)22-14-6-5-13(18)16(19)17(14)20/h5-6,12,21H,2-4,7-11H2,1H3,(H,22,24). The van der Waals surface area contributed by atoms with E-state index >= 15 is 0 Å². The first-order valence-corrected chi connectivity index (χ1v) is 8.37. The van der Waals surface area contributed by atoms with Gasteiger partial charge in [-0.25, -0.2) is 13.2 Å². The van der Waals surface area contributed by atoms with E-state index in [2.05, 4.69) is 10.6 Å². The largest absolute Gasteiger partial charge is 0.322 e. The third-order valence-electron chi connectivity index (χ3n) is 4.13. The molecule has 0 aliphatic carbocycles. The number of carbonyl (C=O) groups is 1. The minimum absolute atomic E-state index is 0.1000. The van der Waals surface area contributed by atoms with Crippen molar-refractivity contribution in [3.8, 4) is 0 Å². The lowest BCUT2D eigenvalue weighted by atomic mass is 9.99. The van der Waals surface area contributed by atoms with Gasteiger partial charge in [0.1, 0.15) is 0 Å². The second kappa shape index (κ2) is 9.03. The SMILES string of the molecule is CCCN(CC(=O)Nc1ccc(F)c(F)c1F)CC1CCCNC1. The summed E-state index contributed by atoms with van der Waals surface area (Å²) < 4.78 is 39.8. The van der Waals surface area contributed by atoms with Gasteiger partial charge in [-0.05, 0) is 56.9 Å². The molecule has 1 aromatic carbocycles. The van der Waals surface area contributed by atoms with Crippen LogP contribution in [-0.2, 0) is 4.79 Å². The van der Waals surface area contributed by atoms with Crippen molar-refractivity contribution in [2.24, 2.45) is 5.92 Å². The van der Waals surface area contributed by atoms with Crippen LogP contribution in [0.2, 0.25) is 0 Å². The first-order valence-electron chi connectivity index (χ1n) is 8.37. The zero-order valence-electron chi connectivity index (χ0n) is 13.9. The Hall–Kier alpha value is -1.60. The highest BCUT2D eigenvalue weighted by atomic mass is 19.2. The summed E-state index contributed by atoms with van der Waals surface area (Å²) in [5.74, 6) is -4.17. The summed E-state index contributed by atoms with van der Waals surface area (Å²) in [6.45, 7) is 5.63. The van der Waals surface area contributed by atoms with Crippen LogP contribution in [0.3, 0.4) is 0 Å². The smallest absolute Gasteiger partial charge is 0.238 e. The van der Waals surface area contributed by atoms with E-state index < -0.39 is 23.4 Å². The normalized spacial score (nSPS) is 18.0. The van der Waals surface area contributed by atoms with Gasteiger partial charge in [0.25, 0.3) is 0 Å². The molecule has 1 amide bonds. The number of hydrogen-bond donors (Lipinski definition) is 2. The average Bonchev–Trinajstić information content (AvgIpc) is 2.56. The Morgan fingerprint density at radius 1 is 1.33 bits per heavy atom. The number of benzene rings is 1. The maximum Gasteiger partial charge on any atom is 0.238 e. The molecule has 0 aromatic heterocycles. The molecule has 1 saturated heterocycles. The number of amides is 1. The lowest BCUT2D eigenvalue weighted by Gasteiger charge is -2.29. The molecule has 1 heterocycles. The summed E-state index contributed by atoms with van der Waals surface area (Å²) in [5, 5.41) is 5.67. The number of halogens is 3. The second-order valence-corrected chi connectivity index (χ2v) is 6.22. The Morgan fingerprint density at radius 3 is 2.79 bits per heavy atom. The average molecular weight is 343 g/mol. The molecular formula is C17H24F3N3O. The number of carbonyl (C=O) groups excluding carboxylic acids is 1. The molecule has 1 aromatic rings. The van der Waals surface area contributed by atoms with Crippen LogP contribution in [0.25, 0.3) is 0 Å². The van der Waals surface area contributed by atoms with Gasteiger partial charge in [-0.1, -0.05) is 6.92 Å². The summed E-state index contributed by atoms with van der Waals surface area (Å²) in [6, 6.07) is 1.83. The van der Waals surface area contributed by atoms with Crippen molar-refractivity contribution in [3.05, 3.63) is 29.6 Å². The highest BCUT2D eigenvalue weighted by molar-refractivity contribution is 5.92. The molecule has 7 heteroatoms. The molecule has 24 heavy (non-hydrogen) atoms. The van der Waals surface area contributed by atoms with Crippen molar-refractivity contribution in [3.63, 3.8) is 0 Å². The third-order valence-corrected chi connectivity index (χ3v) is 4.13. The molecule has 0 spiro atoms. The van der Waals surface area contributed by atoms with Crippen LogP contribution in [0.5, 0.6) is 0 Å². The van der Waals surface area contributed by atoms with E-state index in [1.54, 1.807) is 0 Å². The van der Waals surface area contributed by atoms with Gasteiger partial charge < -0.3 is 10.6 Å². The molecule has 1 fully saturated rings. The van der Waals surface area contributed by atoms with Gasteiger partial charge in [-0.3, -0.25) is 9.69 Å². The molecule has 1 unspecified atom stereocenters. The summed E-state index contributed by atoms with van der Waals surface area (Å²) >= 11 is 0. The van der Waals surface area contributed by atoms with Crippen molar-refractivity contribution in [1.82, 2.24) is 10.2 Å². The lowest BCUT2D eigenvalue weighted by Crippen LogP contribution is -2.41. The quantitative estimate of drug-likeness (QED) is 0.749. The summed E-state index contributed by atoms with van der Waals surface area (Å²) in [7, 11) is 0. The minimum Gasteiger partial charge on any atom is -0.322 e. The first kappa shape index (κ1) is 18.7. The predicted octanol–water partition coefficient (Wildman–Crippen LogP) is 2.75. The topological polar surface area (TPSA) is 44.4 Å². The Balaban J connectivity index is 1.93. The molecule has 1 aliphatic heterocycles. The van der Waals surface area contributed by atoms with Crippen molar-refractivity contribution in [2.45, 2.75) is 26.2 Å². The molecule has 1 atom stereocenters. The van der Waals surface area contributed by atoms with E-state index in [-0.39, 0.29) is 12.2 Å². The van der Waals surface area contributed by atoms with E-state index in [0.717, 1.165) is 57.6 Å². The van der Waals surface area contributed by atoms with Gasteiger partial charge in [-0.2, -0.15) is 0 Å². The van der Waals surface area contributed by atoms with E-state index in [9.17, 15) is 18.0 Å². The van der Waals surface area contributed by atoms with Gasteiger partial charge in [0.05, 0.1) is 12.2 Å². The number of nitrogens with one attached hydrogen (secondary N) is 2. The summed E-state index contributed by atoms with van der Waals surface area (Å²) in [5.41, 5.74) is -0.338. The lowest BCUT2D eigenvalue weighted by molar-refractivity contribution is -0.117. The number of nitrogens with zero attached hydrogens (tertiary/aromatic N) is 1.